The molecule has 0 saturated carbocycles. The van der Waals surface area contributed by atoms with Crippen LogP contribution < -0.4 is 19.8 Å². The van der Waals surface area contributed by atoms with E-state index in [0.29, 0.717) is 23.6 Å². The fourth-order valence-electron chi connectivity index (χ4n) is 4.58. The van der Waals surface area contributed by atoms with Gasteiger partial charge in [-0.1, -0.05) is 34.1 Å². The SMILES string of the molecule is COc1ccc(C2=NN(C(=O)Cn3nc(-c4cccc(Br)c4)ccc3=O)C(c3ccc(OC)c(OC)c3)C2)cc1. The third kappa shape index (κ3) is 5.62. The second-order valence-electron chi connectivity index (χ2n) is 9.07. The van der Waals surface area contributed by atoms with Crippen LogP contribution in [-0.4, -0.2) is 47.7 Å². The predicted octanol–water partition coefficient (Wildman–Crippen LogP) is 5.08. The quantitative estimate of drug-likeness (QED) is 0.279. The largest absolute Gasteiger partial charge is 0.497 e. The average molecular weight is 603 g/mol. The fourth-order valence-corrected chi connectivity index (χ4v) is 4.98. The first-order valence-corrected chi connectivity index (χ1v) is 13.3. The average Bonchev–Trinajstić information content (AvgIpc) is 3.44. The van der Waals surface area contributed by atoms with Gasteiger partial charge in [-0.2, -0.15) is 10.2 Å². The van der Waals surface area contributed by atoms with E-state index in [9.17, 15) is 9.59 Å². The zero-order valence-electron chi connectivity index (χ0n) is 22.2. The van der Waals surface area contributed by atoms with Gasteiger partial charge in [0.25, 0.3) is 11.5 Å². The molecule has 1 aliphatic rings. The summed E-state index contributed by atoms with van der Waals surface area (Å²) in [7, 11) is 4.74. The molecule has 0 spiro atoms. The van der Waals surface area contributed by atoms with Gasteiger partial charge in [-0.05, 0) is 65.7 Å². The highest BCUT2D eigenvalue weighted by Crippen LogP contribution is 2.37. The maximum atomic E-state index is 13.7. The van der Waals surface area contributed by atoms with Crippen LogP contribution in [0.2, 0.25) is 0 Å². The molecule has 1 aromatic heterocycles. The lowest BCUT2D eigenvalue weighted by atomic mass is 9.98. The normalized spacial score (nSPS) is 14.6. The van der Waals surface area contributed by atoms with Gasteiger partial charge >= 0.3 is 0 Å². The zero-order valence-corrected chi connectivity index (χ0v) is 23.8. The summed E-state index contributed by atoms with van der Waals surface area (Å²) in [6.45, 7) is -0.274. The van der Waals surface area contributed by atoms with Crippen LogP contribution in [0, 0.1) is 0 Å². The number of aromatic nitrogens is 2. The van der Waals surface area contributed by atoms with Crippen LogP contribution >= 0.6 is 15.9 Å². The number of carbonyl (C=O) groups is 1. The molecule has 10 heteroatoms. The maximum Gasteiger partial charge on any atom is 0.267 e. The molecule has 1 aliphatic heterocycles. The molecule has 3 aromatic carbocycles. The lowest BCUT2D eigenvalue weighted by Gasteiger charge is -2.23. The van der Waals surface area contributed by atoms with Gasteiger partial charge in [0.1, 0.15) is 12.3 Å². The van der Waals surface area contributed by atoms with Crippen molar-refractivity contribution in [1.29, 1.82) is 0 Å². The van der Waals surface area contributed by atoms with E-state index in [-0.39, 0.29) is 18.0 Å². The number of hydrogen-bond acceptors (Lipinski definition) is 7. The van der Waals surface area contributed by atoms with Gasteiger partial charge in [0.05, 0.1) is 38.8 Å². The van der Waals surface area contributed by atoms with Gasteiger partial charge in [-0.15, -0.1) is 0 Å². The molecule has 0 radical (unpaired) electrons. The van der Waals surface area contributed by atoms with Gasteiger partial charge in [0, 0.05) is 22.5 Å². The Balaban J connectivity index is 1.49. The monoisotopic (exact) mass is 602 g/mol. The van der Waals surface area contributed by atoms with Crippen LogP contribution in [0.15, 0.2) is 93.2 Å². The van der Waals surface area contributed by atoms with Crippen molar-refractivity contribution in [3.05, 3.63) is 105 Å². The minimum atomic E-state index is -0.423. The first-order valence-electron chi connectivity index (χ1n) is 12.5. The van der Waals surface area contributed by atoms with Crippen molar-refractivity contribution in [2.24, 2.45) is 5.10 Å². The highest BCUT2D eigenvalue weighted by Gasteiger charge is 2.34. The molecule has 2 heterocycles. The highest BCUT2D eigenvalue weighted by molar-refractivity contribution is 9.10. The molecule has 1 unspecified atom stereocenters. The van der Waals surface area contributed by atoms with E-state index in [0.717, 1.165) is 32.6 Å². The molecule has 0 saturated heterocycles. The van der Waals surface area contributed by atoms with Crippen LogP contribution in [0.4, 0.5) is 0 Å². The summed E-state index contributed by atoms with van der Waals surface area (Å²) < 4.78 is 18.2. The van der Waals surface area contributed by atoms with Crippen molar-refractivity contribution < 1.29 is 19.0 Å². The maximum absolute atomic E-state index is 13.7. The number of ether oxygens (including phenoxy) is 3. The lowest BCUT2D eigenvalue weighted by Crippen LogP contribution is -2.35. The highest BCUT2D eigenvalue weighted by atomic mass is 79.9. The summed E-state index contributed by atoms with van der Waals surface area (Å²) in [6, 6.07) is 23.3. The molecule has 204 valence electrons. The number of hydrazone groups is 1. The number of methoxy groups -OCH3 is 3. The summed E-state index contributed by atoms with van der Waals surface area (Å²) in [6.07, 6.45) is 0.466. The third-order valence-electron chi connectivity index (χ3n) is 6.65. The zero-order chi connectivity index (χ0) is 28.2. The van der Waals surface area contributed by atoms with E-state index in [1.54, 1.807) is 33.5 Å². The Kier molecular flexibility index (Phi) is 7.97. The Morgan fingerprint density at radius 1 is 0.900 bits per heavy atom. The second-order valence-corrected chi connectivity index (χ2v) is 9.99. The molecule has 5 rings (SSSR count). The molecule has 1 amide bonds. The molecule has 0 bridgehead atoms. The van der Waals surface area contributed by atoms with Crippen molar-refractivity contribution in [3.63, 3.8) is 0 Å². The smallest absolute Gasteiger partial charge is 0.267 e. The number of benzene rings is 3. The van der Waals surface area contributed by atoms with Crippen LogP contribution in [0.1, 0.15) is 23.6 Å². The van der Waals surface area contributed by atoms with Gasteiger partial charge < -0.3 is 14.2 Å². The summed E-state index contributed by atoms with van der Waals surface area (Å²) in [4.78, 5) is 26.5. The summed E-state index contributed by atoms with van der Waals surface area (Å²) in [5.74, 6) is 1.48. The van der Waals surface area contributed by atoms with E-state index in [1.165, 1.54) is 15.8 Å². The minimum Gasteiger partial charge on any atom is -0.497 e. The second kappa shape index (κ2) is 11.7. The van der Waals surface area contributed by atoms with Crippen molar-refractivity contribution in [2.75, 3.05) is 21.3 Å². The molecular weight excluding hydrogens is 576 g/mol. The van der Waals surface area contributed by atoms with E-state index in [4.69, 9.17) is 19.3 Å². The minimum absolute atomic E-state index is 0.274. The van der Waals surface area contributed by atoms with E-state index < -0.39 is 6.04 Å². The van der Waals surface area contributed by atoms with Gasteiger partial charge in [0.2, 0.25) is 0 Å². The fraction of sp³-hybridized carbons (Fsp3) is 0.200. The number of rotatable bonds is 8. The Bertz CT molecular complexity index is 1630. The van der Waals surface area contributed by atoms with Crippen molar-refractivity contribution >= 4 is 27.5 Å². The Labute approximate surface area is 239 Å². The van der Waals surface area contributed by atoms with Crippen molar-refractivity contribution in [2.45, 2.75) is 19.0 Å². The van der Waals surface area contributed by atoms with Crippen LogP contribution in [-0.2, 0) is 11.3 Å². The van der Waals surface area contributed by atoms with E-state index in [1.807, 2.05) is 60.7 Å². The first-order chi connectivity index (χ1) is 19.4. The number of nitrogens with zero attached hydrogens (tertiary/aromatic N) is 4. The molecule has 1 atom stereocenters. The molecule has 4 aromatic rings. The molecule has 0 N–H and O–H groups in total. The third-order valence-corrected chi connectivity index (χ3v) is 7.15. The number of halogens is 1. The summed E-state index contributed by atoms with van der Waals surface area (Å²) in [5.41, 5.74) is 3.44. The summed E-state index contributed by atoms with van der Waals surface area (Å²) in [5, 5.41) is 10.6. The first kappa shape index (κ1) is 27.1. The number of hydrogen-bond donors (Lipinski definition) is 0. The molecule has 9 nitrogen and oxygen atoms in total. The molecule has 0 fully saturated rings. The molecule has 40 heavy (non-hydrogen) atoms. The van der Waals surface area contributed by atoms with Gasteiger partial charge in [0.15, 0.2) is 11.5 Å². The van der Waals surface area contributed by atoms with Gasteiger partial charge in [-0.3, -0.25) is 9.59 Å². The van der Waals surface area contributed by atoms with Crippen molar-refractivity contribution in [3.8, 4) is 28.5 Å². The van der Waals surface area contributed by atoms with E-state index in [2.05, 4.69) is 21.0 Å². The topological polar surface area (TPSA) is 95.2 Å². The van der Waals surface area contributed by atoms with Crippen molar-refractivity contribution in [1.82, 2.24) is 14.8 Å². The molecular formula is C30H27BrN4O5. The number of amides is 1. The Morgan fingerprint density at radius 2 is 1.68 bits per heavy atom. The Hall–Kier alpha value is -4.44. The standard InChI is InChI=1S/C30H27BrN4O5/c1-38-23-10-7-19(8-11-23)25-17-26(21-9-13-27(39-2)28(16-21)40-3)35(33-25)30(37)18-34-29(36)14-12-24(32-34)20-5-4-6-22(31)15-20/h4-16,26H,17-18H2,1-3H3. The van der Waals surface area contributed by atoms with Gasteiger partial charge in [-0.25, -0.2) is 9.69 Å². The Morgan fingerprint density at radius 3 is 2.38 bits per heavy atom. The predicted molar refractivity (Wildman–Crippen MR) is 155 cm³/mol. The summed E-state index contributed by atoms with van der Waals surface area (Å²) >= 11 is 3.46. The number of carbonyl (C=O) groups excluding carboxylic acids is 1. The lowest BCUT2D eigenvalue weighted by molar-refractivity contribution is -0.133. The van der Waals surface area contributed by atoms with E-state index >= 15 is 0 Å². The van der Waals surface area contributed by atoms with Crippen LogP contribution in [0.5, 0.6) is 17.2 Å². The molecule has 0 aliphatic carbocycles. The van der Waals surface area contributed by atoms with Crippen LogP contribution in [0.3, 0.4) is 0 Å². The van der Waals surface area contributed by atoms with Crippen LogP contribution in [0.25, 0.3) is 11.3 Å².